The second-order valence-electron chi connectivity index (χ2n) is 6.56. The van der Waals surface area contributed by atoms with Crippen LogP contribution in [0.3, 0.4) is 0 Å². The molecule has 3 heterocycles. The third kappa shape index (κ3) is 3.52. The van der Waals surface area contributed by atoms with Gasteiger partial charge in [-0.25, -0.2) is 8.42 Å². The number of benzene rings is 2. The van der Waals surface area contributed by atoms with Crippen molar-refractivity contribution in [2.24, 2.45) is 0 Å². The van der Waals surface area contributed by atoms with Gasteiger partial charge in [-0.15, -0.1) is 11.3 Å². The van der Waals surface area contributed by atoms with Crippen molar-refractivity contribution in [2.45, 2.75) is 4.90 Å². The molecule has 0 amide bonds. The lowest BCUT2D eigenvalue weighted by Gasteiger charge is -2.19. The molecule has 0 aliphatic carbocycles. The van der Waals surface area contributed by atoms with Crippen molar-refractivity contribution < 1.29 is 22.4 Å². The second-order valence-corrected chi connectivity index (χ2v) is 9.85. The molecule has 0 radical (unpaired) electrons. The Labute approximate surface area is 186 Å². The van der Waals surface area contributed by atoms with Gasteiger partial charge < -0.3 is 14.0 Å². The number of nitrogens with zero attached hydrogens (tertiary/aromatic N) is 3. The van der Waals surface area contributed by atoms with E-state index >= 15 is 0 Å². The van der Waals surface area contributed by atoms with Crippen molar-refractivity contribution in [2.75, 3.05) is 18.1 Å². The molecular formula is C20H14ClN3O5S2. The van der Waals surface area contributed by atoms with Gasteiger partial charge in [0, 0.05) is 17.6 Å². The Bertz CT molecular complexity index is 1380. The third-order valence-corrected chi connectivity index (χ3v) is 7.79. The van der Waals surface area contributed by atoms with E-state index in [0.29, 0.717) is 38.5 Å². The van der Waals surface area contributed by atoms with E-state index in [0.717, 1.165) is 0 Å². The fourth-order valence-electron chi connectivity index (χ4n) is 3.08. The van der Waals surface area contributed by atoms with Crippen molar-refractivity contribution in [3.63, 3.8) is 0 Å². The molecule has 0 fully saturated rings. The molecule has 5 rings (SSSR count). The Morgan fingerprint density at radius 2 is 1.94 bits per heavy atom. The number of fused-ring (bicyclic) bond motifs is 1. The summed E-state index contributed by atoms with van der Waals surface area (Å²) in [4.78, 5) is 4.83. The molecule has 2 aromatic heterocycles. The number of ether oxygens (including phenoxy) is 2. The highest BCUT2D eigenvalue weighted by molar-refractivity contribution is 7.93. The minimum absolute atomic E-state index is 0.0702. The van der Waals surface area contributed by atoms with Crippen molar-refractivity contribution in [1.29, 1.82) is 0 Å². The van der Waals surface area contributed by atoms with Crippen LogP contribution in [-0.2, 0) is 10.0 Å². The molecule has 0 unspecified atom stereocenters. The maximum absolute atomic E-state index is 13.3. The summed E-state index contributed by atoms with van der Waals surface area (Å²) in [5, 5.41) is 6.11. The third-order valence-electron chi connectivity index (χ3n) is 4.69. The molecule has 11 heteroatoms. The maximum Gasteiger partial charge on any atom is 0.269 e. The average Bonchev–Trinajstić information content (AvgIpc) is 3.52. The Kier molecular flexibility index (Phi) is 4.84. The van der Waals surface area contributed by atoms with Crippen molar-refractivity contribution in [3.05, 3.63) is 58.9 Å². The molecule has 8 nitrogen and oxygen atoms in total. The number of halogens is 1. The lowest BCUT2D eigenvalue weighted by molar-refractivity contribution is 0.174. The number of sulfonamides is 1. The van der Waals surface area contributed by atoms with Crippen molar-refractivity contribution in [1.82, 2.24) is 10.1 Å². The van der Waals surface area contributed by atoms with Crippen LogP contribution in [0.4, 0.5) is 5.69 Å². The van der Waals surface area contributed by atoms with Crippen LogP contribution in [0, 0.1) is 0 Å². The van der Waals surface area contributed by atoms with Gasteiger partial charge in [0.2, 0.25) is 12.6 Å². The van der Waals surface area contributed by atoms with E-state index in [4.69, 9.17) is 25.6 Å². The predicted octanol–water partition coefficient (Wildman–Crippen LogP) is 4.67. The summed E-state index contributed by atoms with van der Waals surface area (Å²) in [6.45, 7) is 0.160. The smallest absolute Gasteiger partial charge is 0.269 e. The van der Waals surface area contributed by atoms with E-state index in [1.54, 1.807) is 47.8 Å². The first-order valence-electron chi connectivity index (χ1n) is 8.99. The number of hydrogen-bond donors (Lipinski definition) is 0. The van der Waals surface area contributed by atoms with Gasteiger partial charge in [-0.1, -0.05) is 22.8 Å². The lowest BCUT2D eigenvalue weighted by Crippen LogP contribution is -2.26. The summed E-state index contributed by atoms with van der Waals surface area (Å²) in [7, 11) is -2.42. The van der Waals surface area contributed by atoms with E-state index in [1.807, 2.05) is 0 Å². The highest BCUT2D eigenvalue weighted by Crippen LogP contribution is 2.38. The summed E-state index contributed by atoms with van der Waals surface area (Å²) in [5.41, 5.74) is 1.10. The summed E-state index contributed by atoms with van der Waals surface area (Å²) in [6, 6.07) is 13.4. The molecule has 158 valence electrons. The number of anilines is 1. The summed E-state index contributed by atoms with van der Waals surface area (Å²) >= 11 is 7.22. The molecule has 1 aliphatic rings. The van der Waals surface area contributed by atoms with Crippen LogP contribution in [0.25, 0.3) is 22.2 Å². The zero-order valence-electron chi connectivity index (χ0n) is 16.0. The first-order chi connectivity index (χ1) is 14.9. The highest BCUT2D eigenvalue weighted by atomic mass is 35.5. The molecule has 2 aromatic carbocycles. The molecule has 0 N–H and O–H groups in total. The fourth-order valence-corrected chi connectivity index (χ4v) is 5.77. The first-order valence-corrected chi connectivity index (χ1v) is 11.7. The van der Waals surface area contributed by atoms with Gasteiger partial charge in [-0.05, 0) is 47.8 Å². The van der Waals surface area contributed by atoms with E-state index in [-0.39, 0.29) is 17.6 Å². The lowest BCUT2D eigenvalue weighted by atomic mass is 10.2. The van der Waals surface area contributed by atoms with Gasteiger partial charge in [0.15, 0.2) is 11.5 Å². The maximum atomic E-state index is 13.3. The van der Waals surface area contributed by atoms with Crippen molar-refractivity contribution >= 4 is 38.6 Å². The van der Waals surface area contributed by atoms with E-state index in [2.05, 4.69) is 10.1 Å². The molecular weight excluding hydrogens is 462 g/mol. The van der Waals surface area contributed by atoms with E-state index in [1.165, 1.54) is 28.8 Å². The van der Waals surface area contributed by atoms with Gasteiger partial charge in [0.05, 0.1) is 5.69 Å². The molecule has 1 aliphatic heterocycles. The largest absolute Gasteiger partial charge is 0.454 e. The van der Waals surface area contributed by atoms with Gasteiger partial charge in [0.1, 0.15) is 9.77 Å². The summed E-state index contributed by atoms with van der Waals surface area (Å²) < 4.78 is 43.8. The first kappa shape index (κ1) is 19.9. The Hall–Kier alpha value is -3.08. The summed E-state index contributed by atoms with van der Waals surface area (Å²) in [6.07, 6.45) is 0. The van der Waals surface area contributed by atoms with Gasteiger partial charge in [0.25, 0.3) is 15.9 Å². The number of aromatic nitrogens is 2. The average molecular weight is 476 g/mol. The monoisotopic (exact) mass is 475 g/mol. The minimum Gasteiger partial charge on any atom is -0.454 e. The Balaban J connectivity index is 1.49. The topological polar surface area (TPSA) is 94.8 Å². The molecule has 4 aromatic rings. The number of thiophene rings is 1. The Morgan fingerprint density at radius 1 is 1.10 bits per heavy atom. The molecule has 31 heavy (non-hydrogen) atoms. The Morgan fingerprint density at radius 3 is 2.77 bits per heavy atom. The summed E-state index contributed by atoms with van der Waals surface area (Å²) in [5.74, 6) is 1.66. The molecule has 0 saturated heterocycles. The van der Waals surface area contributed by atoms with E-state index in [9.17, 15) is 8.42 Å². The molecule has 0 saturated carbocycles. The predicted molar refractivity (Wildman–Crippen MR) is 116 cm³/mol. The number of hydrogen-bond acceptors (Lipinski definition) is 8. The van der Waals surface area contributed by atoms with Crippen LogP contribution in [0.5, 0.6) is 11.5 Å². The standard InChI is InChI=1S/C20H14ClN3O5S2/c1-24(14-4-2-3-13(21)10-14)31(25,26)17-7-8-30-18(17)20-22-19(23-29-20)12-5-6-15-16(9-12)28-11-27-15/h2-10H,11H2,1H3. The van der Waals surface area contributed by atoms with Crippen LogP contribution in [0.1, 0.15) is 0 Å². The van der Waals surface area contributed by atoms with E-state index < -0.39 is 10.0 Å². The molecule has 0 spiro atoms. The molecule has 0 atom stereocenters. The second kappa shape index (κ2) is 7.56. The zero-order chi connectivity index (χ0) is 21.6. The van der Waals surface area contributed by atoms with Gasteiger partial charge in [-0.2, -0.15) is 4.98 Å². The quantitative estimate of drug-likeness (QED) is 0.413. The van der Waals surface area contributed by atoms with Crippen molar-refractivity contribution in [3.8, 4) is 33.7 Å². The van der Waals surface area contributed by atoms with Gasteiger partial charge in [-0.3, -0.25) is 4.31 Å². The van der Waals surface area contributed by atoms with Crippen LogP contribution in [0.2, 0.25) is 5.02 Å². The highest BCUT2D eigenvalue weighted by Gasteiger charge is 2.29. The SMILES string of the molecule is CN(c1cccc(Cl)c1)S(=O)(=O)c1ccsc1-c1nc(-c2ccc3c(c2)OCO3)no1. The minimum atomic E-state index is -3.89. The van der Waals surface area contributed by atoms with Gasteiger partial charge >= 0.3 is 0 Å². The zero-order valence-corrected chi connectivity index (χ0v) is 18.4. The van der Waals surface area contributed by atoms with Crippen LogP contribution in [-0.4, -0.2) is 32.4 Å². The number of rotatable bonds is 5. The fraction of sp³-hybridized carbons (Fsp3) is 0.100. The normalized spacial score (nSPS) is 12.8. The van der Waals surface area contributed by atoms with Crippen LogP contribution >= 0.6 is 22.9 Å². The molecule has 0 bridgehead atoms. The van der Waals surface area contributed by atoms with Crippen LogP contribution < -0.4 is 13.8 Å². The van der Waals surface area contributed by atoms with Crippen LogP contribution in [0.15, 0.2) is 63.3 Å².